The zero-order valence-electron chi connectivity index (χ0n) is 17.2. The molecule has 12 heteroatoms. The van der Waals surface area contributed by atoms with E-state index in [1.807, 2.05) is 0 Å². The van der Waals surface area contributed by atoms with Crippen molar-refractivity contribution in [2.24, 2.45) is 0 Å². The SMILES string of the molecule is COc1ccc(NC(=O)c2nnn(CC(=O)Nc3ccc4c(c3)OCO4)c2N)cc1OC. The molecule has 0 bridgehead atoms. The third-order valence-electron chi connectivity index (χ3n) is 4.58. The number of nitrogens with zero attached hydrogens (tertiary/aromatic N) is 3. The van der Waals surface area contributed by atoms with E-state index in [-0.39, 0.29) is 24.8 Å². The summed E-state index contributed by atoms with van der Waals surface area (Å²) in [7, 11) is 3.00. The molecule has 3 aromatic rings. The van der Waals surface area contributed by atoms with Gasteiger partial charge in [-0.1, -0.05) is 5.21 Å². The fourth-order valence-electron chi connectivity index (χ4n) is 3.01. The first-order chi connectivity index (χ1) is 15.5. The van der Waals surface area contributed by atoms with Crippen LogP contribution in [0.1, 0.15) is 10.5 Å². The number of fused-ring (bicyclic) bond motifs is 1. The number of ether oxygens (including phenoxy) is 4. The second-order valence-electron chi connectivity index (χ2n) is 6.62. The van der Waals surface area contributed by atoms with Gasteiger partial charge in [0, 0.05) is 23.5 Å². The molecule has 166 valence electrons. The number of methoxy groups -OCH3 is 2. The average molecular weight is 440 g/mol. The molecule has 0 unspecified atom stereocenters. The van der Waals surface area contributed by atoms with Crippen molar-refractivity contribution in [2.75, 3.05) is 37.4 Å². The number of hydrogen-bond donors (Lipinski definition) is 3. The number of aromatic nitrogens is 3. The Kier molecular flexibility index (Phi) is 5.66. The number of amides is 2. The predicted octanol–water partition coefficient (Wildman–Crippen LogP) is 1.50. The van der Waals surface area contributed by atoms with Crippen LogP contribution in [-0.4, -0.2) is 47.8 Å². The fourth-order valence-corrected chi connectivity index (χ4v) is 3.01. The van der Waals surface area contributed by atoms with Gasteiger partial charge in [-0.05, 0) is 24.3 Å². The number of carbonyl (C=O) groups is 2. The number of nitrogens with two attached hydrogens (primary N) is 1. The fraction of sp³-hybridized carbons (Fsp3) is 0.200. The molecule has 0 radical (unpaired) electrons. The van der Waals surface area contributed by atoms with E-state index in [4.69, 9.17) is 24.7 Å². The summed E-state index contributed by atoms with van der Waals surface area (Å²) in [6, 6.07) is 9.90. The third-order valence-corrected chi connectivity index (χ3v) is 4.58. The van der Waals surface area contributed by atoms with Crippen LogP contribution < -0.4 is 35.3 Å². The van der Waals surface area contributed by atoms with Crippen LogP contribution in [0.15, 0.2) is 36.4 Å². The molecule has 0 aliphatic carbocycles. The Morgan fingerprint density at radius 3 is 2.53 bits per heavy atom. The van der Waals surface area contributed by atoms with Gasteiger partial charge in [0.1, 0.15) is 6.54 Å². The molecular weight excluding hydrogens is 420 g/mol. The minimum absolute atomic E-state index is 0.0520. The molecule has 4 rings (SSSR count). The van der Waals surface area contributed by atoms with Gasteiger partial charge in [0.15, 0.2) is 34.5 Å². The van der Waals surface area contributed by atoms with E-state index >= 15 is 0 Å². The van der Waals surface area contributed by atoms with Gasteiger partial charge in [0.2, 0.25) is 12.7 Å². The Hall–Kier alpha value is -4.48. The normalized spacial score (nSPS) is 11.7. The maximum Gasteiger partial charge on any atom is 0.280 e. The Bertz CT molecular complexity index is 1180. The van der Waals surface area contributed by atoms with Crippen molar-refractivity contribution in [3.63, 3.8) is 0 Å². The quantitative estimate of drug-likeness (QED) is 0.496. The Balaban J connectivity index is 1.41. The summed E-state index contributed by atoms with van der Waals surface area (Å²) in [6.07, 6.45) is 0. The largest absolute Gasteiger partial charge is 0.493 e. The van der Waals surface area contributed by atoms with Crippen LogP contribution in [-0.2, 0) is 11.3 Å². The highest BCUT2D eigenvalue weighted by Crippen LogP contribution is 2.34. The topological polar surface area (TPSA) is 152 Å². The zero-order valence-corrected chi connectivity index (χ0v) is 17.2. The number of nitrogens with one attached hydrogen (secondary N) is 2. The van der Waals surface area contributed by atoms with Crippen LogP contribution in [0, 0.1) is 0 Å². The second kappa shape index (κ2) is 8.71. The van der Waals surface area contributed by atoms with Crippen LogP contribution in [0.3, 0.4) is 0 Å². The lowest BCUT2D eigenvalue weighted by molar-refractivity contribution is -0.116. The summed E-state index contributed by atoms with van der Waals surface area (Å²) >= 11 is 0. The Labute approximate surface area is 182 Å². The summed E-state index contributed by atoms with van der Waals surface area (Å²) in [5, 5.41) is 13.0. The average Bonchev–Trinajstić information content (AvgIpc) is 3.40. The molecule has 2 amide bonds. The summed E-state index contributed by atoms with van der Waals surface area (Å²) in [4.78, 5) is 25.0. The number of nitrogen functional groups attached to an aromatic ring is 1. The van der Waals surface area contributed by atoms with Crippen molar-refractivity contribution in [1.29, 1.82) is 0 Å². The van der Waals surface area contributed by atoms with Crippen molar-refractivity contribution in [3.8, 4) is 23.0 Å². The van der Waals surface area contributed by atoms with Gasteiger partial charge in [-0.25, -0.2) is 4.68 Å². The monoisotopic (exact) mass is 440 g/mol. The lowest BCUT2D eigenvalue weighted by atomic mass is 10.2. The molecular formula is C20H20N6O6. The van der Waals surface area contributed by atoms with E-state index in [1.165, 1.54) is 14.2 Å². The van der Waals surface area contributed by atoms with Crippen LogP contribution in [0.4, 0.5) is 17.2 Å². The highest BCUT2D eigenvalue weighted by atomic mass is 16.7. The van der Waals surface area contributed by atoms with E-state index in [1.54, 1.807) is 36.4 Å². The van der Waals surface area contributed by atoms with Crippen LogP contribution in [0.5, 0.6) is 23.0 Å². The number of hydrogen-bond acceptors (Lipinski definition) is 9. The molecule has 1 aliphatic heterocycles. The molecule has 4 N–H and O–H groups in total. The van der Waals surface area contributed by atoms with Gasteiger partial charge in [-0.15, -0.1) is 5.10 Å². The minimum Gasteiger partial charge on any atom is -0.493 e. The van der Waals surface area contributed by atoms with E-state index < -0.39 is 11.8 Å². The molecule has 0 fully saturated rings. The summed E-state index contributed by atoms with van der Waals surface area (Å²) in [5.41, 5.74) is 6.84. The number of anilines is 3. The summed E-state index contributed by atoms with van der Waals surface area (Å²) < 4.78 is 22.0. The summed E-state index contributed by atoms with van der Waals surface area (Å²) in [6.45, 7) is -0.104. The molecule has 12 nitrogen and oxygen atoms in total. The van der Waals surface area contributed by atoms with E-state index in [2.05, 4.69) is 20.9 Å². The van der Waals surface area contributed by atoms with Gasteiger partial charge in [0.05, 0.1) is 14.2 Å². The standard InChI is InChI=1S/C20H20N6O6/c1-29-13-5-3-12(7-15(13)30-2)23-20(28)18-19(21)26(25-24-18)9-17(27)22-11-4-6-14-16(8-11)32-10-31-14/h3-8H,9-10,21H2,1-2H3,(H,22,27)(H,23,28). The third kappa shape index (κ3) is 4.19. The maximum atomic E-state index is 12.6. The second-order valence-corrected chi connectivity index (χ2v) is 6.62. The van der Waals surface area contributed by atoms with E-state index in [9.17, 15) is 9.59 Å². The minimum atomic E-state index is -0.586. The first kappa shape index (κ1) is 20.8. The smallest absolute Gasteiger partial charge is 0.280 e. The van der Waals surface area contributed by atoms with Crippen molar-refractivity contribution < 1.29 is 28.5 Å². The lowest BCUT2D eigenvalue weighted by Gasteiger charge is -2.10. The molecule has 32 heavy (non-hydrogen) atoms. The predicted molar refractivity (Wildman–Crippen MR) is 113 cm³/mol. The van der Waals surface area contributed by atoms with Crippen molar-refractivity contribution in [1.82, 2.24) is 15.0 Å². The number of benzene rings is 2. The van der Waals surface area contributed by atoms with Crippen LogP contribution >= 0.6 is 0 Å². The Morgan fingerprint density at radius 2 is 1.75 bits per heavy atom. The highest BCUT2D eigenvalue weighted by Gasteiger charge is 2.20. The maximum absolute atomic E-state index is 12.6. The van der Waals surface area contributed by atoms with Gasteiger partial charge < -0.3 is 35.3 Å². The summed E-state index contributed by atoms with van der Waals surface area (Å²) in [5.74, 6) is 1.06. The number of carbonyl (C=O) groups excluding carboxylic acids is 2. The van der Waals surface area contributed by atoms with Crippen molar-refractivity contribution in [3.05, 3.63) is 42.1 Å². The highest BCUT2D eigenvalue weighted by molar-refractivity contribution is 6.06. The molecule has 0 atom stereocenters. The van der Waals surface area contributed by atoms with E-state index in [0.717, 1.165) is 4.68 Å². The molecule has 0 saturated carbocycles. The first-order valence-electron chi connectivity index (χ1n) is 9.40. The molecule has 1 aliphatic rings. The Morgan fingerprint density at radius 1 is 1.03 bits per heavy atom. The van der Waals surface area contributed by atoms with Gasteiger partial charge >= 0.3 is 0 Å². The van der Waals surface area contributed by atoms with Crippen molar-refractivity contribution >= 4 is 29.0 Å². The van der Waals surface area contributed by atoms with Crippen molar-refractivity contribution in [2.45, 2.75) is 6.54 Å². The molecule has 2 heterocycles. The molecule has 0 saturated heterocycles. The lowest BCUT2D eigenvalue weighted by Crippen LogP contribution is -2.21. The number of rotatable bonds is 7. The van der Waals surface area contributed by atoms with Gasteiger partial charge in [-0.3, -0.25) is 9.59 Å². The van der Waals surface area contributed by atoms with Gasteiger partial charge in [-0.2, -0.15) is 0 Å². The molecule has 0 spiro atoms. The van der Waals surface area contributed by atoms with E-state index in [0.29, 0.717) is 34.4 Å². The zero-order chi connectivity index (χ0) is 22.7. The molecule has 2 aromatic carbocycles. The van der Waals surface area contributed by atoms with Crippen LogP contribution in [0.2, 0.25) is 0 Å². The first-order valence-corrected chi connectivity index (χ1v) is 9.40. The van der Waals surface area contributed by atoms with Crippen LogP contribution in [0.25, 0.3) is 0 Å². The van der Waals surface area contributed by atoms with Gasteiger partial charge in [0.25, 0.3) is 5.91 Å². The molecule has 1 aromatic heterocycles.